The third kappa shape index (κ3) is 3.77. The number of nitrogens with zero attached hydrogens (tertiary/aromatic N) is 2. The molecule has 18 heavy (non-hydrogen) atoms. The Balaban J connectivity index is 1.87. The van der Waals surface area contributed by atoms with Gasteiger partial charge in [0.05, 0.1) is 11.2 Å². The van der Waals surface area contributed by atoms with E-state index in [0.29, 0.717) is 0 Å². The molecule has 0 atom stereocenters. The first-order valence-corrected chi connectivity index (χ1v) is 8.03. The topological polar surface area (TPSA) is 28.2 Å². The van der Waals surface area contributed by atoms with Crippen LogP contribution in [0.3, 0.4) is 0 Å². The smallest absolute Gasteiger partial charge is 0.0797 e. The van der Waals surface area contributed by atoms with Crippen LogP contribution in [-0.4, -0.2) is 42.1 Å². The Morgan fingerprint density at radius 2 is 2.17 bits per heavy atom. The summed E-state index contributed by atoms with van der Waals surface area (Å²) in [5.41, 5.74) is 3.20. The van der Waals surface area contributed by atoms with Crippen molar-refractivity contribution in [2.45, 2.75) is 45.6 Å². The Hall–Kier alpha value is -0.450. The number of aryl methyl sites for hydroxylation is 1. The van der Waals surface area contributed by atoms with E-state index in [1.54, 1.807) is 11.3 Å². The lowest BCUT2D eigenvalue weighted by molar-refractivity contribution is 0.164. The fourth-order valence-electron chi connectivity index (χ4n) is 2.75. The van der Waals surface area contributed by atoms with Gasteiger partial charge in [0, 0.05) is 17.5 Å². The van der Waals surface area contributed by atoms with E-state index >= 15 is 0 Å². The van der Waals surface area contributed by atoms with Crippen LogP contribution in [0.4, 0.5) is 0 Å². The van der Waals surface area contributed by atoms with E-state index in [1.165, 1.54) is 62.4 Å². The van der Waals surface area contributed by atoms with Gasteiger partial charge in [-0.15, -0.1) is 11.3 Å². The zero-order chi connectivity index (χ0) is 12.8. The van der Waals surface area contributed by atoms with Gasteiger partial charge in [0.25, 0.3) is 0 Å². The molecule has 1 aliphatic heterocycles. The van der Waals surface area contributed by atoms with Crippen molar-refractivity contribution < 1.29 is 0 Å². The van der Waals surface area contributed by atoms with Crippen molar-refractivity contribution in [1.29, 1.82) is 0 Å². The van der Waals surface area contributed by atoms with Crippen molar-refractivity contribution in [2.75, 3.05) is 26.2 Å². The van der Waals surface area contributed by atoms with Crippen LogP contribution in [0.5, 0.6) is 0 Å². The van der Waals surface area contributed by atoms with Crippen molar-refractivity contribution in [3.05, 3.63) is 16.1 Å². The van der Waals surface area contributed by atoms with Gasteiger partial charge in [0.2, 0.25) is 0 Å². The minimum Gasteiger partial charge on any atom is -0.317 e. The summed E-state index contributed by atoms with van der Waals surface area (Å²) in [7, 11) is 0. The highest BCUT2D eigenvalue weighted by atomic mass is 32.1. The van der Waals surface area contributed by atoms with Crippen LogP contribution in [0.1, 0.15) is 36.8 Å². The highest BCUT2D eigenvalue weighted by Crippen LogP contribution is 2.17. The summed E-state index contributed by atoms with van der Waals surface area (Å²) in [6.45, 7) is 9.21. The molecule has 2 heterocycles. The van der Waals surface area contributed by atoms with E-state index in [4.69, 9.17) is 0 Å². The van der Waals surface area contributed by atoms with E-state index in [0.717, 1.165) is 6.04 Å². The Labute approximate surface area is 115 Å². The van der Waals surface area contributed by atoms with Crippen LogP contribution in [0.25, 0.3) is 0 Å². The SMILES string of the molecule is CCCN(CCc1scnc1C)C1CCNCC1. The molecule has 1 N–H and O–H groups in total. The summed E-state index contributed by atoms with van der Waals surface area (Å²) in [5, 5.41) is 3.46. The fraction of sp³-hybridized carbons (Fsp3) is 0.786. The summed E-state index contributed by atoms with van der Waals surface area (Å²) in [6, 6.07) is 0.791. The molecule has 0 spiro atoms. The second-order valence-corrected chi connectivity index (χ2v) is 6.07. The van der Waals surface area contributed by atoms with Crippen molar-refractivity contribution in [3.63, 3.8) is 0 Å². The highest BCUT2D eigenvalue weighted by molar-refractivity contribution is 7.09. The molecule has 0 radical (unpaired) electrons. The van der Waals surface area contributed by atoms with Crippen molar-refractivity contribution in [1.82, 2.24) is 15.2 Å². The number of thiazole rings is 1. The summed E-state index contributed by atoms with van der Waals surface area (Å²) >= 11 is 1.81. The van der Waals surface area contributed by atoms with Gasteiger partial charge in [0.15, 0.2) is 0 Å². The Morgan fingerprint density at radius 3 is 2.78 bits per heavy atom. The first-order valence-electron chi connectivity index (χ1n) is 7.15. The van der Waals surface area contributed by atoms with Gasteiger partial charge in [-0.3, -0.25) is 4.90 Å². The first-order chi connectivity index (χ1) is 8.81. The standard InChI is InChI=1S/C14H25N3S/c1-3-9-17(13-4-7-15-8-5-13)10-6-14-12(2)16-11-18-14/h11,13,15H,3-10H2,1-2H3. The molecule has 102 valence electrons. The molecule has 0 saturated carbocycles. The van der Waals surface area contributed by atoms with Crippen molar-refractivity contribution in [3.8, 4) is 0 Å². The average Bonchev–Trinajstić information content (AvgIpc) is 2.81. The number of piperidine rings is 1. The van der Waals surface area contributed by atoms with Crippen molar-refractivity contribution in [2.24, 2.45) is 0 Å². The van der Waals surface area contributed by atoms with Crippen LogP contribution in [0.2, 0.25) is 0 Å². The lowest BCUT2D eigenvalue weighted by atomic mass is 10.0. The van der Waals surface area contributed by atoms with Gasteiger partial charge in [-0.25, -0.2) is 4.98 Å². The van der Waals surface area contributed by atoms with Crippen LogP contribution in [0.15, 0.2) is 5.51 Å². The molecule has 0 unspecified atom stereocenters. The average molecular weight is 267 g/mol. The van der Waals surface area contributed by atoms with Gasteiger partial charge in [-0.1, -0.05) is 6.92 Å². The highest BCUT2D eigenvalue weighted by Gasteiger charge is 2.20. The molecule has 1 saturated heterocycles. The maximum absolute atomic E-state index is 4.34. The second-order valence-electron chi connectivity index (χ2n) is 5.13. The van der Waals surface area contributed by atoms with Crippen LogP contribution in [-0.2, 0) is 6.42 Å². The minimum absolute atomic E-state index is 0.791. The molecule has 0 bridgehead atoms. The van der Waals surface area contributed by atoms with Crippen LogP contribution < -0.4 is 5.32 Å². The predicted molar refractivity (Wildman–Crippen MR) is 78.3 cm³/mol. The number of hydrogen-bond donors (Lipinski definition) is 1. The third-order valence-electron chi connectivity index (χ3n) is 3.81. The molecule has 2 rings (SSSR count). The number of hydrogen-bond acceptors (Lipinski definition) is 4. The molecular weight excluding hydrogens is 242 g/mol. The van der Waals surface area contributed by atoms with E-state index in [-0.39, 0.29) is 0 Å². The maximum atomic E-state index is 4.34. The molecule has 1 aliphatic rings. The zero-order valence-electron chi connectivity index (χ0n) is 11.6. The quantitative estimate of drug-likeness (QED) is 0.858. The Kier molecular flexibility index (Phi) is 5.60. The van der Waals surface area contributed by atoms with Gasteiger partial charge in [0.1, 0.15) is 0 Å². The number of aromatic nitrogens is 1. The first kappa shape index (κ1) is 14.0. The minimum atomic E-state index is 0.791. The monoisotopic (exact) mass is 267 g/mol. The van der Waals surface area contributed by atoms with Gasteiger partial charge >= 0.3 is 0 Å². The van der Waals surface area contributed by atoms with E-state index in [2.05, 4.69) is 29.0 Å². The lowest BCUT2D eigenvalue weighted by Crippen LogP contribution is -2.44. The predicted octanol–water partition coefficient (Wildman–Crippen LogP) is 2.46. The summed E-state index contributed by atoms with van der Waals surface area (Å²) < 4.78 is 0. The summed E-state index contributed by atoms with van der Waals surface area (Å²) in [4.78, 5) is 8.50. The van der Waals surface area contributed by atoms with E-state index in [1.807, 2.05) is 5.51 Å². The van der Waals surface area contributed by atoms with Gasteiger partial charge < -0.3 is 5.32 Å². The second kappa shape index (κ2) is 7.22. The molecule has 1 aromatic heterocycles. The molecule has 4 heteroatoms. The molecule has 0 amide bonds. The lowest BCUT2D eigenvalue weighted by Gasteiger charge is -2.34. The maximum Gasteiger partial charge on any atom is 0.0797 e. The number of rotatable bonds is 6. The van der Waals surface area contributed by atoms with Gasteiger partial charge in [-0.2, -0.15) is 0 Å². The number of nitrogens with one attached hydrogen (secondary N) is 1. The van der Waals surface area contributed by atoms with Crippen LogP contribution in [0, 0.1) is 6.92 Å². The third-order valence-corrected chi connectivity index (χ3v) is 4.80. The molecule has 1 fully saturated rings. The molecule has 1 aromatic rings. The Morgan fingerprint density at radius 1 is 1.39 bits per heavy atom. The zero-order valence-corrected chi connectivity index (χ0v) is 12.4. The molecular formula is C14H25N3S. The summed E-state index contributed by atoms with van der Waals surface area (Å²) in [5.74, 6) is 0. The normalized spacial score (nSPS) is 17.5. The van der Waals surface area contributed by atoms with Gasteiger partial charge in [-0.05, 0) is 52.2 Å². The molecule has 0 aromatic carbocycles. The summed E-state index contributed by atoms with van der Waals surface area (Å²) in [6.07, 6.45) is 5.04. The largest absolute Gasteiger partial charge is 0.317 e. The van der Waals surface area contributed by atoms with Crippen molar-refractivity contribution >= 4 is 11.3 Å². The Bertz CT molecular complexity index is 345. The molecule has 3 nitrogen and oxygen atoms in total. The van der Waals surface area contributed by atoms with Crippen LogP contribution >= 0.6 is 11.3 Å². The molecule has 0 aliphatic carbocycles. The fourth-order valence-corrected chi connectivity index (χ4v) is 3.52. The van der Waals surface area contributed by atoms with E-state index < -0.39 is 0 Å². The van der Waals surface area contributed by atoms with E-state index in [9.17, 15) is 0 Å².